The lowest BCUT2D eigenvalue weighted by Crippen LogP contribution is -2.03. The minimum absolute atomic E-state index is 0.255. The molecule has 2 rings (SSSR count). The van der Waals surface area contributed by atoms with Crippen LogP contribution in [0.15, 0.2) is 0 Å². The fourth-order valence-electron chi connectivity index (χ4n) is 1.37. The molecule has 0 aromatic carbocycles. The van der Waals surface area contributed by atoms with Gasteiger partial charge in [0.25, 0.3) is 0 Å². The maximum atomic E-state index is 9.81. The summed E-state index contributed by atoms with van der Waals surface area (Å²) in [7, 11) is 0. The van der Waals surface area contributed by atoms with Gasteiger partial charge >= 0.3 is 0 Å². The molecule has 2 aliphatic heterocycles. The average molecular weight is 244 g/mol. The molecule has 0 radical (unpaired) electrons. The van der Waals surface area contributed by atoms with Crippen molar-refractivity contribution >= 4 is 5.78 Å². The van der Waals surface area contributed by atoms with Gasteiger partial charge in [-0.3, -0.25) is 0 Å². The number of hydrogen-bond acceptors (Lipinski definition) is 3. The molecular weight excluding hydrogens is 216 g/mol. The summed E-state index contributed by atoms with van der Waals surface area (Å²) in [4.78, 5) is 9.81. The normalized spacial score (nSPS) is 19.2. The van der Waals surface area contributed by atoms with Gasteiger partial charge in [-0.1, -0.05) is 6.92 Å². The van der Waals surface area contributed by atoms with Crippen LogP contribution in [0.4, 0.5) is 0 Å². The zero-order chi connectivity index (χ0) is 12.8. The van der Waals surface area contributed by atoms with Crippen LogP contribution >= 0.6 is 0 Å². The molecule has 0 aliphatic carbocycles. The van der Waals surface area contributed by atoms with Gasteiger partial charge in [-0.2, -0.15) is 0 Å². The average Bonchev–Trinajstić information content (AvgIpc) is 2.44. The molecule has 3 nitrogen and oxygen atoms in total. The summed E-state index contributed by atoms with van der Waals surface area (Å²) in [5, 5.41) is 0. The molecule has 0 spiro atoms. The van der Waals surface area contributed by atoms with Crippen molar-refractivity contribution in [1.29, 1.82) is 0 Å². The Morgan fingerprint density at radius 2 is 1.12 bits per heavy atom. The molecule has 0 aromatic rings. The number of carbonyl (C=O) groups excluding carboxylic acids is 1. The van der Waals surface area contributed by atoms with Gasteiger partial charge in [0.1, 0.15) is 5.78 Å². The van der Waals surface area contributed by atoms with Crippen molar-refractivity contribution < 1.29 is 14.3 Å². The lowest BCUT2D eigenvalue weighted by Gasteiger charge is -2.08. The predicted molar refractivity (Wildman–Crippen MR) is 70.3 cm³/mol. The minimum atomic E-state index is 0.255. The first kappa shape index (κ1) is 16.6. The van der Waals surface area contributed by atoms with Crippen LogP contribution in [-0.2, 0) is 14.3 Å². The van der Waals surface area contributed by atoms with E-state index in [2.05, 4.69) is 0 Å². The number of hydrogen-bond donors (Lipinski definition) is 0. The van der Waals surface area contributed by atoms with E-state index in [1.165, 1.54) is 38.5 Å². The molecule has 0 atom stereocenters. The monoisotopic (exact) mass is 244 g/mol. The number of ketones is 1. The second-order valence-corrected chi connectivity index (χ2v) is 4.40. The molecule has 0 N–H and O–H groups in total. The first-order valence-corrected chi connectivity index (χ1v) is 6.92. The van der Waals surface area contributed by atoms with Gasteiger partial charge in [0.2, 0.25) is 0 Å². The van der Waals surface area contributed by atoms with Gasteiger partial charge in [0, 0.05) is 32.8 Å². The van der Waals surface area contributed by atoms with E-state index in [-0.39, 0.29) is 5.78 Å². The molecule has 2 fully saturated rings. The molecule has 0 saturated carbocycles. The van der Waals surface area contributed by atoms with Gasteiger partial charge < -0.3 is 14.3 Å². The number of rotatable bonds is 1. The van der Waals surface area contributed by atoms with Gasteiger partial charge in [-0.25, -0.2) is 0 Å². The van der Waals surface area contributed by atoms with E-state index in [9.17, 15) is 4.79 Å². The third kappa shape index (κ3) is 15.6. The molecule has 2 aliphatic rings. The van der Waals surface area contributed by atoms with E-state index < -0.39 is 0 Å². The molecule has 2 saturated heterocycles. The summed E-state index contributed by atoms with van der Waals surface area (Å²) in [6, 6.07) is 0. The number of carbonyl (C=O) groups is 1. The van der Waals surface area contributed by atoms with Crippen LogP contribution in [0.1, 0.15) is 58.8 Å². The minimum Gasteiger partial charge on any atom is -0.381 e. The SMILES string of the molecule is C1CCOCC1.C1CCOCC1.CCC(C)=O. The topological polar surface area (TPSA) is 35.5 Å². The zero-order valence-corrected chi connectivity index (χ0v) is 11.5. The summed E-state index contributed by atoms with van der Waals surface area (Å²) < 4.78 is 10.1. The van der Waals surface area contributed by atoms with Crippen LogP contribution in [0.3, 0.4) is 0 Å². The quantitative estimate of drug-likeness (QED) is 0.709. The highest BCUT2D eigenvalue weighted by Crippen LogP contribution is 2.02. The van der Waals surface area contributed by atoms with Crippen molar-refractivity contribution in [3.8, 4) is 0 Å². The number of Topliss-reactive ketones (excluding diaryl/α,β-unsaturated/α-hetero) is 1. The third-order valence-electron chi connectivity index (χ3n) is 2.65. The van der Waals surface area contributed by atoms with Gasteiger partial charge in [0.05, 0.1) is 0 Å². The molecule has 17 heavy (non-hydrogen) atoms. The summed E-state index contributed by atoms with van der Waals surface area (Å²) in [5.41, 5.74) is 0. The molecule has 0 unspecified atom stereocenters. The Morgan fingerprint density at radius 3 is 1.18 bits per heavy atom. The summed E-state index contributed by atoms with van der Waals surface area (Å²) >= 11 is 0. The van der Waals surface area contributed by atoms with E-state index in [0.29, 0.717) is 6.42 Å². The Bertz CT molecular complexity index is 126. The highest BCUT2D eigenvalue weighted by atomic mass is 16.5. The first-order valence-electron chi connectivity index (χ1n) is 6.92. The largest absolute Gasteiger partial charge is 0.381 e. The van der Waals surface area contributed by atoms with Crippen LogP contribution < -0.4 is 0 Å². The molecule has 3 heteroatoms. The Morgan fingerprint density at radius 1 is 0.824 bits per heavy atom. The molecule has 0 bridgehead atoms. The van der Waals surface area contributed by atoms with E-state index in [0.717, 1.165) is 26.4 Å². The lowest BCUT2D eigenvalue weighted by molar-refractivity contribution is -0.116. The van der Waals surface area contributed by atoms with Crippen LogP contribution in [-0.4, -0.2) is 32.2 Å². The van der Waals surface area contributed by atoms with Crippen molar-refractivity contribution in [1.82, 2.24) is 0 Å². The lowest BCUT2D eigenvalue weighted by atomic mass is 10.2. The first-order chi connectivity index (χ1) is 8.27. The highest BCUT2D eigenvalue weighted by molar-refractivity contribution is 5.74. The molecule has 2 heterocycles. The van der Waals surface area contributed by atoms with Crippen LogP contribution in [0.5, 0.6) is 0 Å². The van der Waals surface area contributed by atoms with Crippen LogP contribution in [0, 0.1) is 0 Å². The maximum Gasteiger partial charge on any atom is 0.129 e. The molecular formula is C14H28O3. The fraction of sp³-hybridized carbons (Fsp3) is 0.929. The van der Waals surface area contributed by atoms with Crippen molar-refractivity contribution in [3.63, 3.8) is 0 Å². The summed E-state index contributed by atoms with van der Waals surface area (Å²) in [5.74, 6) is 0.255. The second-order valence-electron chi connectivity index (χ2n) is 4.40. The molecule has 0 amide bonds. The third-order valence-corrected chi connectivity index (χ3v) is 2.65. The Hall–Kier alpha value is -0.410. The van der Waals surface area contributed by atoms with E-state index >= 15 is 0 Å². The van der Waals surface area contributed by atoms with Gasteiger partial charge in [-0.05, 0) is 45.4 Å². The van der Waals surface area contributed by atoms with Crippen LogP contribution in [0.25, 0.3) is 0 Å². The summed E-state index contributed by atoms with van der Waals surface area (Å²) in [6.45, 7) is 7.43. The molecule has 102 valence electrons. The van der Waals surface area contributed by atoms with Gasteiger partial charge in [-0.15, -0.1) is 0 Å². The van der Waals surface area contributed by atoms with E-state index in [1.807, 2.05) is 6.92 Å². The smallest absolute Gasteiger partial charge is 0.129 e. The van der Waals surface area contributed by atoms with E-state index in [4.69, 9.17) is 9.47 Å². The van der Waals surface area contributed by atoms with Crippen LogP contribution in [0.2, 0.25) is 0 Å². The summed E-state index contributed by atoms with van der Waals surface area (Å²) in [6.07, 6.45) is 8.53. The number of ether oxygens (including phenoxy) is 2. The Balaban J connectivity index is 0.000000228. The van der Waals surface area contributed by atoms with Gasteiger partial charge in [0.15, 0.2) is 0 Å². The molecule has 0 aromatic heterocycles. The standard InChI is InChI=1S/2C5H10O.C4H8O/c2*1-2-4-6-5-3-1;1-3-4(2)5/h2*1-5H2;3H2,1-2H3. The predicted octanol–water partition coefficient (Wildman–Crippen LogP) is 3.36. The highest BCUT2D eigenvalue weighted by Gasteiger charge is 1.95. The van der Waals surface area contributed by atoms with Crippen molar-refractivity contribution in [3.05, 3.63) is 0 Å². The Kier molecular flexibility index (Phi) is 13.3. The maximum absolute atomic E-state index is 9.81. The van der Waals surface area contributed by atoms with Crippen molar-refractivity contribution in [2.24, 2.45) is 0 Å². The Labute approximate surface area is 106 Å². The van der Waals surface area contributed by atoms with E-state index in [1.54, 1.807) is 6.92 Å². The van der Waals surface area contributed by atoms with Crippen molar-refractivity contribution in [2.75, 3.05) is 26.4 Å². The fourth-order valence-corrected chi connectivity index (χ4v) is 1.37. The second kappa shape index (κ2) is 13.7. The van der Waals surface area contributed by atoms with Crippen molar-refractivity contribution in [2.45, 2.75) is 58.8 Å². The zero-order valence-electron chi connectivity index (χ0n) is 11.5.